The number of aromatic nitrogens is 1. The molecule has 9 heteroatoms. The highest BCUT2D eigenvalue weighted by atomic mass is 32.2. The monoisotopic (exact) mass is 253 g/mol. The number of nitrogen functional groups attached to an aromatic ring is 1. The molecule has 0 saturated heterocycles. The van der Waals surface area contributed by atoms with E-state index in [-0.39, 0.29) is 11.6 Å². The van der Waals surface area contributed by atoms with Crippen molar-refractivity contribution in [2.45, 2.75) is 11.5 Å². The number of primary sulfonamides is 1. The molecule has 1 aromatic rings. The smallest absolute Gasteiger partial charge is 0.266 e. The zero-order valence-corrected chi connectivity index (χ0v) is 8.96. The maximum atomic E-state index is 12.5. The number of sulfonamides is 1. The standard InChI is InChI=1S/C7H9F2N3O3S/c1-15-4-2-3(5(8)9)7(12-6(4)10)16(11,13)14/h2,5H,1H3,(H2,10,12)(H2,11,13,14). The summed E-state index contributed by atoms with van der Waals surface area (Å²) in [6.07, 6.45) is -3.05. The zero-order valence-electron chi connectivity index (χ0n) is 8.15. The number of halogens is 2. The van der Waals surface area contributed by atoms with Crippen molar-refractivity contribution in [2.24, 2.45) is 5.14 Å². The number of pyridine rings is 1. The largest absolute Gasteiger partial charge is 0.493 e. The molecule has 0 bridgehead atoms. The quantitative estimate of drug-likeness (QED) is 0.803. The van der Waals surface area contributed by atoms with Gasteiger partial charge in [-0.1, -0.05) is 0 Å². The minimum atomic E-state index is -4.35. The average molecular weight is 253 g/mol. The van der Waals surface area contributed by atoms with Crippen LogP contribution < -0.4 is 15.6 Å². The molecule has 0 unspecified atom stereocenters. The van der Waals surface area contributed by atoms with Gasteiger partial charge in [-0.3, -0.25) is 0 Å². The van der Waals surface area contributed by atoms with Crippen molar-refractivity contribution < 1.29 is 21.9 Å². The number of nitrogens with zero attached hydrogens (tertiary/aromatic N) is 1. The fourth-order valence-electron chi connectivity index (χ4n) is 1.05. The van der Waals surface area contributed by atoms with Crippen molar-refractivity contribution in [3.63, 3.8) is 0 Å². The molecular weight excluding hydrogens is 244 g/mol. The molecule has 0 radical (unpaired) electrons. The van der Waals surface area contributed by atoms with E-state index in [1.54, 1.807) is 0 Å². The Balaban J connectivity index is 3.55. The van der Waals surface area contributed by atoms with Crippen LogP contribution >= 0.6 is 0 Å². The van der Waals surface area contributed by atoms with Gasteiger partial charge < -0.3 is 10.5 Å². The Kier molecular flexibility index (Phi) is 3.29. The summed E-state index contributed by atoms with van der Waals surface area (Å²) in [5.41, 5.74) is 4.46. The van der Waals surface area contributed by atoms with Crippen molar-refractivity contribution in [1.82, 2.24) is 4.98 Å². The predicted molar refractivity (Wildman–Crippen MR) is 51.5 cm³/mol. The molecule has 4 N–H and O–H groups in total. The van der Waals surface area contributed by atoms with Crippen LogP contribution in [0, 0.1) is 0 Å². The summed E-state index contributed by atoms with van der Waals surface area (Å²) < 4.78 is 51.7. The average Bonchev–Trinajstić information content (AvgIpc) is 2.15. The molecule has 90 valence electrons. The molecular formula is C7H9F2N3O3S. The number of ether oxygens (including phenoxy) is 1. The first-order valence-corrected chi connectivity index (χ1v) is 5.47. The minimum Gasteiger partial charge on any atom is -0.493 e. The van der Waals surface area contributed by atoms with Crippen LogP contribution in [-0.2, 0) is 10.0 Å². The van der Waals surface area contributed by atoms with Gasteiger partial charge in [0.1, 0.15) is 0 Å². The number of alkyl halides is 2. The fraction of sp³-hybridized carbons (Fsp3) is 0.286. The Morgan fingerprint density at radius 3 is 2.44 bits per heavy atom. The SMILES string of the molecule is COc1cc(C(F)F)c(S(N)(=O)=O)nc1N. The van der Waals surface area contributed by atoms with Crippen LogP contribution in [0.25, 0.3) is 0 Å². The number of nitrogens with two attached hydrogens (primary N) is 2. The van der Waals surface area contributed by atoms with Crippen LogP contribution in [0.15, 0.2) is 11.1 Å². The number of rotatable bonds is 3. The van der Waals surface area contributed by atoms with Crippen LogP contribution in [0.2, 0.25) is 0 Å². The summed E-state index contributed by atoms with van der Waals surface area (Å²) in [7, 11) is -3.16. The van der Waals surface area contributed by atoms with Gasteiger partial charge in [-0.25, -0.2) is 27.3 Å². The predicted octanol–water partition coefficient (Wildman–Crippen LogP) is 0.257. The Hall–Kier alpha value is -1.48. The van der Waals surface area contributed by atoms with Gasteiger partial charge in [0.05, 0.1) is 12.7 Å². The topological polar surface area (TPSA) is 108 Å². The third-order valence-corrected chi connectivity index (χ3v) is 2.60. The number of anilines is 1. The molecule has 0 aliphatic heterocycles. The first-order valence-electron chi connectivity index (χ1n) is 3.92. The van der Waals surface area contributed by atoms with E-state index in [0.29, 0.717) is 0 Å². The highest BCUT2D eigenvalue weighted by molar-refractivity contribution is 7.89. The number of hydrogen-bond acceptors (Lipinski definition) is 5. The normalized spacial score (nSPS) is 11.8. The Bertz CT molecular complexity index is 504. The van der Waals surface area contributed by atoms with E-state index in [1.165, 1.54) is 7.11 Å². The number of methoxy groups -OCH3 is 1. The highest BCUT2D eigenvalue weighted by Gasteiger charge is 2.24. The molecule has 1 rings (SSSR count). The Labute approximate surface area is 90.3 Å². The zero-order chi connectivity index (χ0) is 12.5. The van der Waals surface area contributed by atoms with Gasteiger partial charge in [-0.05, 0) is 6.07 Å². The molecule has 1 heterocycles. The molecule has 0 atom stereocenters. The van der Waals surface area contributed by atoms with Crippen LogP contribution in [0.1, 0.15) is 12.0 Å². The lowest BCUT2D eigenvalue weighted by molar-refractivity contribution is 0.146. The fourth-order valence-corrected chi connectivity index (χ4v) is 1.76. The van der Waals surface area contributed by atoms with Gasteiger partial charge in [0.15, 0.2) is 16.6 Å². The number of hydrogen-bond donors (Lipinski definition) is 2. The van der Waals surface area contributed by atoms with E-state index < -0.39 is 27.0 Å². The highest BCUT2D eigenvalue weighted by Crippen LogP contribution is 2.31. The first-order chi connectivity index (χ1) is 7.27. The third kappa shape index (κ3) is 2.36. The van der Waals surface area contributed by atoms with E-state index in [4.69, 9.17) is 10.9 Å². The van der Waals surface area contributed by atoms with Crippen molar-refractivity contribution in [3.8, 4) is 5.75 Å². The van der Waals surface area contributed by atoms with Crippen LogP contribution in [0.3, 0.4) is 0 Å². The van der Waals surface area contributed by atoms with E-state index in [0.717, 1.165) is 6.07 Å². The summed E-state index contributed by atoms with van der Waals surface area (Å²) in [6, 6.07) is 0.798. The lowest BCUT2D eigenvalue weighted by atomic mass is 10.3. The van der Waals surface area contributed by atoms with E-state index in [2.05, 4.69) is 9.72 Å². The summed E-state index contributed by atoms with van der Waals surface area (Å²) in [6.45, 7) is 0. The van der Waals surface area contributed by atoms with Gasteiger partial charge in [0, 0.05) is 0 Å². The second-order valence-corrected chi connectivity index (χ2v) is 4.29. The molecule has 6 nitrogen and oxygen atoms in total. The second-order valence-electron chi connectivity index (χ2n) is 2.82. The molecule has 0 saturated carbocycles. The Morgan fingerprint density at radius 1 is 1.50 bits per heavy atom. The van der Waals surface area contributed by atoms with Crippen molar-refractivity contribution >= 4 is 15.8 Å². The molecule has 0 amide bonds. The molecule has 0 aliphatic carbocycles. The third-order valence-electron chi connectivity index (χ3n) is 1.73. The summed E-state index contributed by atoms with van der Waals surface area (Å²) >= 11 is 0. The maximum absolute atomic E-state index is 12.5. The van der Waals surface area contributed by atoms with E-state index in [9.17, 15) is 17.2 Å². The van der Waals surface area contributed by atoms with Gasteiger partial charge in [-0.15, -0.1) is 0 Å². The van der Waals surface area contributed by atoms with Crippen LogP contribution in [0.4, 0.5) is 14.6 Å². The van der Waals surface area contributed by atoms with Gasteiger partial charge >= 0.3 is 0 Å². The summed E-state index contributed by atoms with van der Waals surface area (Å²) in [5, 5.41) is 3.79. The van der Waals surface area contributed by atoms with Crippen LogP contribution in [0.5, 0.6) is 5.75 Å². The van der Waals surface area contributed by atoms with Crippen LogP contribution in [-0.4, -0.2) is 20.5 Å². The minimum absolute atomic E-state index is 0.136. The Morgan fingerprint density at radius 2 is 2.06 bits per heavy atom. The first kappa shape index (κ1) is 12.6. The van der Waals surface area contributed by atoms with Crippen molar-refractivity contribution in [1.29, 1.82) is 0 Å². The lowest BCUT2D eigenvalue weighted by Crippen LogP contribution is -2.18. The molecule has 0 fully saturated rings. The molecule has 0 aliphatic rings. The molecule has 16 heavy (non-hydrogen) atoms. The van der Waals surface area contributed by atoms with Crippen molar-refractivity contribution in [2.75, 3.05) is 12.8 Å². The van der Waals surface area contributed by atoms with Gasteiger partial charge in [0.2, 0.25) is 0 Å². The molecule has 1 aromatic heterocycles. The lowest BCUT2D eigenvalue weighted by Gasteiger charge is -2.10. The van der Waals surface area contributed by atoms with Gasteiger partial charge in [-0.2, -0.15) is 0 Å². The second kappa shape index (κ2) is 4.18. The van der Waals surface area contributed by atoms with Crippen molar-refractivity contribution in [3.05, 3.63) is 11.6 Å². The van der Waals surface area contributed by atoms with Gasteiger partial charge in [0.25, 0.3) is 16.4 Å². The molecule has 0 aromatic carbocycles. The summed E-state index contributed by atoms with van der Waals surface area (Å²) in [5.74, 6) is -0.460. The van der Waals surface area contributed by atoms with E-state index in [1.807, 2.05) is 0 Å². The maximum Gasteiger partial charge on any atom is 0.266 e. The molecule has 0 spiro atoms. The van der Waals surface area contributed by atoms with E-state index >= 15 is 0 Å². The summed E-state index contributed by atoms with van der Waals surface area (Å²) in [4.78, 5) is 3.30.